The van der Waals surface area contributed by atoms with Crippen molar-refractivity contribution in [3.63, 3.8) is 0 Å². The molecule has 19 heavy (non-hydrogen) atoms. The Morgan fingerprint density at radius 3 is 2.68 bits per heavy atom. The molecule has 0 radical (unpaired) electrons. The Bertz CT molecular complexity index is 566. The third kappa shape index (κ3) is 3.75. The number of carbonyl (C=O) groups is 1. The Balaban J connectivity index is 1.88. The highest BCUT2D eigenvalue weighted by atomic mass is 127. The fourth-order valence-corrected chi connectivity index (χ4v) is 2.79. The molecule has 0 aliphatic carbocycles. The number of nitrogens with zero attached hydrogens (tertiary/aromatic N) is 3. The van der Waals surface area contributed by atoms with E-state index in [4.69, 9.17) is 0 Å². The second-order valence-corrected chi connectivity index (χ2v) is 6.65. The maximum Gasteiger partial charge on any atom is 0.228 e. The minimum atomic E-state index is -0.0306. The van der Waals surface area contributed by atoms with Gasteiger partial charge in [0.1, 0.15) is 0 Å². The number of thiazole rings is 1. The van der Waals surface area contributed by atoms with Crippen LogP contribution in [0.5, 0.6) is 0 Å². The van der Waals surface area contributed by atoms with Crippen LogP contribution in [0.15, 0.2) is 6.20 Å². The molecular formula is C12H15IN4OS. The van der Waals surface area contributed by atoms with Crippen LogP contribution in [0, 0.1) is 24.3 Å². The van der Waals surface area contributed by atoms with Crippen molar-refractivity contribution in [2.45, 2.75) is 33.7 Å². The van der Waals surface area contributed by atoms with Crippen LogP contribution >= 0.6 is 33.9 Å². The van der Waals surface area contributed by atoms with Crippen molar-refractivity contribution in [3.8, 4) is 0 Å². The van der Waals surface area contributed by atoms with Crippen LogP contribution in [-0.4, -0.2) is 20.7 Å². The highest BCUT2D eigenvalue weighted by Crippen LogP contribution is 2.21. The number of aryl methyl sites for hydroxylation is 4. The molecule has 0 spiro atoms. The third-order valence-corrected chi connectivity index (χ3v) is 4.78. The predicted octanol–water partition coefficient (Wildman–Crippen LogP) is 2.90. The van der Waals surface area contributed by atoms with Crippen molar-refractivity contribution in [1.82, 2.24) is 14.8 Å². The van der Waals surface area contributed by atoms with Crippen LogP contribution in [0.25, 0.3) is 0 Å². The summed E-state index contributed by atoms with van der Waals surface area (Å²) in [7, 11) is 0. The standard InChI is InChI=1S/C12H15IN4OS/c1-7-9(3)19-12(14-7)15-11(18)4-5-17-6-10(13)8(2)16-17/h6H,4-5H2,1-3H3,(H,14,15,18). The first kappa shape index (κ1) is 14.4. The SMILES string of the molecule is Cc1nn(CCC(=O)Nc2nc(C)c(C)s2)cc1I. The molecule has 2 aromatic heterocycles. The van der Waals surface area contributed by atoms with Crippen molar-refractivity contribution in [1.29, 1.82) is 0 Å². The molecule has 0 saturated carbocycles. The third-order valence-electron chi connectivity index (χ3n) is 2.73. The summed E-state index contributed by atoms with van der Waals surface area (Å²) < 4.78 is 2.92. The molecule has 0 fully saturated rings. The van der Waals surface area contributed by atoms with Gasteiger partial charge in [-0.05, 0) is 43.4 Å². The first-order valence-corrected chi connectivity index (χ1v) is 7.78. The van der Waals surface area contributed by atoms with E-state index in [1.165, 1.54) is 11.3 Å². The number of rotatable bonds is 4. The van der Waals surface area contributed by atoms with Gasteiger partial charge in [-0.25, -0.2) is 4.98 Å². The molecule has 0 unspecified atom stereocenters. The minimum Gasteiger partial charge on any atom is -0.302 e. The fraction of sp³-hybridized carbons (Fsp3) is 0.417. The molecule has 0 saturated heterocycles. The van der Waals surface area contributed by atoms with Crippen molar-refractivity contribution < 1.29 is 4.79 Å². The van der Waals surface area contributed by atoms with Gasteiger partial charge in [-0.15, -0.1) is 11.3 Å². The first-order valence-electron chi connectivity index (χ1n) is 5.89. The van der Waals surface area contributed by atoms with E-state index < -0.39 is 0 Å². The number of nitrogens with one attached hydrogen (secondary N) is 1. The summed E-state index contributed by atoms with van der Waals surface area (Å²) in [5.74, 6) is -0.0306. The average Bonchev–Trinajstić information content (AvgIpc) is 2.81. The Labute approximate surface area is 129 Å². The van der Waals surface area contributed by atoms with Gasteiger partial charge in [0.2, 0.25) is 5.91 Å². The van der Waals surface area contributed by atoms with Crippen molar-refractivity contribution in [2.24, 2.45) is 0 Å². The van der Waals surface area contributed by atoms with Gasteiger partial charge in [-0.1, -0.05) is 0 Å². The molecule has 1 N–H and O–H groups in total. The Hall–Kier alpha value is -0.960. The Kier molecular flexibility index (Phi) is 4.56. The quantitative estimate of drug-likeness (QED) is 0.817. The van der Waals surface area contributed by atoms with Crippen LogP contribution in [-0.2, 0) is 11.3 Å². The lowest BCUT2D eigenvalue weighted by Crippen LogP contribution is -2.14. The monoisotopic (exact) mass is 390 g/mol. The van der Waals surface area contributed by atoms with E-state index in [0.717, 1.165) is 19.8 Å². The van der Waals surface area contributed by atoms with Crippen LogP contribution < -0.4 is 5.32 Å². The van der Waals surface area contributed by atoms with Crippen LogP contribution in [0.2, 0.25) is 0 Å². The Morgan fingerprint density at radius 1 is 1.42 bits per heavy atom. The molecule has 2 aromatic rings. The molecule has 5 nitrogen and oxygen atoms in total. The summed E-state index contributed by atoms with van der Waals surface area (Å²) in [6.45, 7) is 6.48. The molecule has 102 valence electrons. The highest BCUT2D eigenvalue weighted by molar-refractivity contribution is 14.1. The van der Waals surface area contributed by atoms with Crippen molar-refractivity contribution in [3.05, 3.63) is 26.0 Å². The van der Waals surface area contributed by atoms with E-state index in [-0.39, 0.29) is 5.91 Å². The molecule has 2 rings (SSSR count). The smallest absolute Gasteiger partial charge is 0.228 e. The van der Waals surface area contributed by atoms with Gasteiger partial charge < -0.3 is 5.32 Å². The van der Waals surface area contributed by atoms with E-state index >= 15 is 0 Å². The van der Waals surface area contributed by atoms with Gasteiger partial charge in [0.25, 0.3) is 0 Å². The molecule has 0 aliphatic rings. The van der Waals surface area contributed by atoms with Gasteiger partial charge in [0.15, 0.2) is 5.13 Å². The summed E-state index contributed by atoms with van der Waals surface area (Å²) in [6, 6.07) is 0. The molecule has 2 heterocycles. The molecule has 0 aromatic carbocycles. The molecule has 7 heteroatoms. The number of carbonyl (C=O) groups excluding carboxylic acids is 1. The summed E-state index contributed by atoms with van der Waals surface area (Å²) in [5.41, 5.74) is 1.96. The number of aromatic nitrogens is 3. The molecular weight excluding hydrogens is 375 g/mol. The van der Waals surface area contributed by atoms with Gasteiger partial charge in [-0.2, -0.15) is 5.10 Å². The fourth-order valence-electron chi connectivity index (χ4n) is 1.53. The van der Waals surface area contributed by atoms with Crippen molar-refractivity contribution in [2.75, 3.05) is 5.32 Å². The predicted molar refractivity (Wildman–Crippen MR) is 84.5 cm³/mol. The zero-order valence-corrected chi connectivity index (χ0v) is 14.0. The first-order chi connectivity index (χ1) is 8.95. The van der Waals surface area contributed by atoms with Gasteiger partial charge in [-0.3, -0.25) is 9.48 Å². The topological polar surface area (TPSA) is 59.8 Å². The van der Waals surface area contributed by atoms with Gasteiger partial charge in [0.05, 0.1) is 15.0 Å². The number of amides is 1. The number of halogens is 1. The zero-order chi connectivity index (χ0) is 14.0. The minimum absolute atomic E-state index is 0.0306. The molecule has 0 aliphatic heterocycles. The van der Waals surface area contributed by atoms with E-state index in [2.05, 4.69) is 38.0 Å². The van der Waals surface area contributed by atoms with Gasteiger partial charge >= 0.3 is 0 Å². The zero-order valence-electron chi connectivity index (χ0n) is 11.0. The van der Waals surface area contributed by atoms with E-state index in [9.17, 15) is 4.79 Å². The Morgan fingerprint density at radius 2 is 2.16 bits per heavy atom. The van der Waals surface area contributed by atoms with Gasteiger partial charge in [0, 0.05) is 24.0 Å². The normalized spacial score (nSPS) is 10.7. The van der Waals surface area contributed by atoms with Crippen molar-refractivity contribution >= 4 is 45.0 Å². The number of hydrogen-bond acceptors (Lipinski definition) is 4. The maximum absolute atomic E-state index is 11.8. The number of hydrogen-bond donors (Lipinski definition) is 1. The lowest BCUT2D eigenvalue weighted by atomic mass is 10.4. The largest absolute Gasteiger partial charge is 0.302 e. The van der Waals surface area contributed by atoms with Crippen LogP contribution in [0.1, 0.15) is 22.7 Å². The van der Waals surface area contributed by atoms with Crippen LogP contribution in [0.4, 0.5) is 5.13 Å². The van der Waals surface area contributed by atoms with E-state index in [1.807, 2.05) is 27.0 Å². The lowest BCUT2D eigenvalue weighted by Gasteiger charge is -2.02. The van der Waals surface area contributed by atoms with E-state index in [0.29, 0.717) is 18.1 Å². The number of anilines is 1. The van der Waals surface area contributed by atoms with E-state index in [1.54, 1.807) is 4.68 Å². The van der Waals surface area contributed by atoms with Crippen LogP contribution in [0.3, 0.4) is 0 Å². The summed E-state index contributed by atoms with van der Waals surface area (Å²) in [5, 5.41) is 7.82. The summed E-state index contributed by atoms with van der Waals surface area (Å²) in [6.07, 6.45) is 2.34. The molecule has 0 bridgehead atoms. The summed E-state index contributed by atoms with van der Waals surface area (Å²) in [4.78, 5) is 17.2. The summed E-state index contributed by atoms with van der Waals surface area (Å²) >= 11 is 3.74. The maximum atomic E-state index is 11.8. The average molecular weight is 390 g/mol. The molecule has 1 amide bonds. The lowest BCUT2D eigenvalue weighted by molar-refractivity contribution is -0.116. The second-order valence-electron chi connectivity index (χ2n) is 4.28. The highest BCUT2D eigenvalue weighted by Gasteiger charge is 2.09. The second kappa shape index (κ2) is 6.00. The molecule has 0 atom stereocenters.